The Morgan fingerprint density at radius 2 is 2.15 bits per heavy atom. The van der Waals surface area contributed by atoms with Gasteiger partial charge in [0.05, 0.1) is 12.7 Å². The van der Waals surface area contributed by atoms with Gasteiger partial charge in [0.25, 0.3) is 0 Å². The van der Waals surface area contributed by atoms with Crippen molar-refractivity contribution in [3.05, 3.63) is 0 Å². The highest BCUT2D eigenvalue weighted by Crippen LogP contribution is 1.90. The lowest BCUT2D eigenvalue weighted by atomic mass is 10.3. The molecule has 0 aliphatic carbocycles. The van der Waals surface area contributed by atoms with E-state index in [4.69, 9.17) is 4.74 Å². The van der Waals surface area contributed by atoms with Crippen LogP contribution in [0.3, 0.4) is 0 Å². The van der Waals surface area contributed by atoms with Crippen molar-refractivity contribution in [2.45, 2.75) is 38.5 Å². The third-order valence-corrected chi connectivity index (χ3v) is 1.89. The summed E-state index contributed by atoms with van der Waals surface area (Å²) in [6, 6.07) is 1.36. The minimum absolute atomic E-state index is 0.392. The molecule has 2 N–H and O–H groups in total. The molecule has 0 aliphatic heterocycles. The summed E-state index contributed by atoms with van der Waals surface area (Å²) in [7, 11) is 3.36. The van der Waals surface area contributed by atoms with Crippen molar-refractivity contribution in [3.8, 4) is 0 Å². The first-order valence-corrected chi connectivity index (χ1v) is 5.51. The van der Waals surface area contributed by atoms with Crippen molar-refractivity contribution in [3.63, 3.8) is 0 Å². The molecule has 1 atom stereocenters. The van der Waals surface area contributed by atoms with Crippen LogP contribution in [0, 0.1) is 0 Å². The number of aliphatic hydroxyl groups is 1. The van der Waals surface area contributed by atoms with Crippen LogP contribution in [0.15, 0.2) is 0 Å². The molecule has 77 valence electrons. The summed E-state index contributed by atoms with van der Waals surface area (Å²) < 4.78 is 5.25. The molecule has 1 unspecified atom stereocenters. The van der Waals surface area contributed by atoms with E-state index in [-0.39, 0.29) is 0 Å². The van der Waals surface area contributed by atoms with Crippen molar-refractivity contribution in [2.75, 3.05) is 19.8 Å². The van der Waals surface area contributed by atoms with E-state index in [1.165, 1.54) is 0 Å². The number of hydrogen-bond donors (Lipinski definition) is 2. The van der Waals surface area contributed by atoms with E-state index in [9.17, 15) is 5.11 Å². The van der Waals surface area contributed by atoms with Crippen LogP contribution in [0.25, 0.3) is 0 Å². The fourth-order valence-corrected chi connectivity index (χ4v) is 0.969. The summed E-state index contributed by atoms with van der Waals surface area (Å²) in [4.78, 5) is 0. The van der Waals surface area contributed by atoms with Gasteiger partial charge in [-0.3, -0.25) is 0 Å². The molecular formula is C9H20NO2Si. The molecule has 3 radical (unpaired) electrons. The quantitative estimate of drug-likeness (QED) is 0.440. The van der Waals surface area contributed by atoms with Crippen LogP contribution in [0.5, 0.6) is 0 Å². The predicted octanol–water partition coefficient (Wildman–Crippen LogP) is 0.339. The largest absolute Gasteiger partial charge is 0.389 e. The zero-order valence-corrected chi connectivity index (χ0v) is 9.55. The maximum atomic E-state index is 9.40. The van der Waals surface area contributed by atoms with E-state index < -0.39 is 6.10 Å². The third kappa shape index (κ3) is 10.0. The van der Waals surface area contributed by atoms with Gasteiger partial charge in [-0.25, -0.2) is 0 Å². The molecule has 0 aliphatic rings. The molecule has 0 saturated carbocycles. The summed E-state index contributed by atoms with van der Waals surface area (Å²) in [6.07, 6.45) is 0.596. The minimum Gasteiger partial charge on any atom is -0.389 e. The smallest absolute Gasteiger partial charge is 0.0897 e. The Morgan fingerprint density at radius 1 is 1.46 bits per heavy atom. The van der Waals surface area contributed by atoms with E-state index in [0.717, 1.165) is 12.5 Å². The maximum absolute atomic E-state index is 9.40. The van der Waals surface area contributed by atoms with Crippen LogP contribution in [0.4, 0.5) is 0 Å². The molecule has 4 heteroatoms. The second-order valence-corrected chi connectivity index (χ2v) is 3.90. The van der Waals surface area contributed by atoms with Crippen molar-refractivity contribution in [1.29, 1.82) is 0 Å². The molecule has 0 heterocycles. The second-order valence-electron chi connectivity index (χ2n) is 3.40. The Hall–Kier alpha value is 0.0969. The van der Waals surface area contributed by atoms with Crippen LogP contribution in [-0.2, 0) is 4.74 Å². The van der Waals surface area contributed by atoms with Gasteiger partial charge in [0, 0.05) is 29.4 Å². The summed E-state index contributed by atoms with van der Waals surface area (Å²) in [6.45, 7) is 5.84. The average Bonchev–Trinajstić information content (AvgIpc) is 2.09. The van der Waals surface area contributed by atoms with Gasteiger partial charge in [-0.1, -0.05) is 19.9 Å². The lowest BCUT2D eigenvalue weighted by molar-refractivity contribution is 0.0365. The van der Waals surface area contributed by atoms with E-state index in [1.807, 2.05) is 0 Å². The fourth-order valence-electron chi connectivity index (χ4n) is 0.824. The number of ether oxygens (including phenoxy) is 1. The maximum Gasteiger partial charge on any atom is 0.0897 e. The van der Waals surface area contributed by atoms with Gasteiger partial charge >= 0.3 is 0 Å². The van der Waals surface area contributed by atoms with Gasteiger partial charge < -0.3 is 15.2 Å². The minimum atomic E-state index is -0.392. The normalized spacial score (nSPS) is 13.6. The van der Waals surface area contributed by atoms with Gasteiger partial charge in [-0.05, 0) is 6.42 Å². The number of rotatable bonds is 8. The molecule has 0 rings (SSSR count). The highest BCUT2D eigenvalue weighted by Gasteiger charge is 2.03. The van der Waals surface area contributed by atoms with Crippen molar-refractivity contribution in [2.24, 2.45) is 0 Å². The Bertz CT molecular complexity index is 112. The van der Waals surface area contributed by atoms with Crippen LogP contribution in [0.1, 0.15) is 20.3 Å². The van der Waals surface area contributed by atoms with E-state index >= 15 is 0 Å². The average molecular weight is 202 g/mol. The van der Waals surface area contributed by atoms with Crippen molar-refractivity contribution >= 4 is 10.2 Å². The van der Waals surface area contributed by atoms with E-state index in [1.54, 1.807) is 0 Å². The van der Waals surface area contributed by atoms with Gasteiger partial charge in [0.15, 0.2) is 0 Å². The van der Waals surface area contributed by atoms with Gasteiger partial charge in [-0.15, -0.1) is 0 Å². The molecule has 0 spiro atoms. The Balaban J connectivity index is 3.15. The molecule has 0 amide bonds. The monoisotopic (exact) mass is 202 g/mol. The molecule has 0 aromatic heterocycles. The second kappa shape index (κ2) is 8.68. The summed E-state index contributed by atoms with van der Waals surface area (Å²) in [5, 5.41) is 12.5. The summed E-state index contributed by atoms with van der Waals surface area (Å²) in [5.41, 5.74) is 0. The Morgan fingerprint density at radius 3 is 2.69 bits per heavy atom. The van der Waals surface area contributed by atoms with Crippen LogP contribution < -0.4 is 5.32 Å². The summed E-state index contributed by atoms with van der Waals surface area (Å²) in [5.74, 6) is 0. The van der Waals surface area contributed by atoms with Gasteiger partial charge in [0.1, 0.15) is 0 Å². The number of aliphatic hydroxyl groups excluding tert-OH is 1. The summed E-state index contributed by atoms with van der Waals surface area (Å²) >= 11 is 0. The Kier molecular flexibility index (Phi) is 8.75. The topological polar surface area (TPSA) is 41.5 Å². The zero-order chi connectivity index (χ0) is 10.1. The van der Waals surface area contributed by atoms with Gasteiger partial charge in [0.2, 0.25) is 0 Å². The molecule has 0 aromatic rings. The highest BCUT2D eigenvalue weighted by atomic mass is 28.1. The molecule has 13 heavy (non-hydrogen) atoms. The van der Waals surface area contributed by atoms with E-state index in [2.05, 4.69) is 29.4 Å². The van der Waals surface area contributed by atoms with Crippen molar-refractivity contribution in [1.82, 2.24) is 5.32 Å². The molecule has 0 aromatic carbocycles. The van der Waals surface area contributed by atoms with Crippen LogP contribution >= 0.6 is 0 Å². The SMILES string of the molecule is CC(C)NCC(O)COCCC[Si]. The highest BCUT2D eigenvalue weighted by molar-refractivity contribution is 6.08. The first-order valence-electron chi connectivity index (χ1n) is 4.80. The Labute approximate surface area is 84.3 Å². The fraction of sp³-hybridized carbons (Fsp3) is 1.00. The van der Waals surface area contributed by atoms with Crippen molar-refractivity contribution < 1.29 is 9.84 Å². The lowest BCUT2D eigenvalue weighted by Gasteiger charge is -2.13. The van der Waals surface area contributed by atoms with E-state index in [0.29, 0.717) is 25.8 Å². The molecule has 0 bridgehead atoms. The molecule has 0 fully saturated rings. The lowest BCUT2D eigenvalue weighted by Crippen LogP contribution is -2.34. The zero-order valence-electron chi connectivity index (χ0n) is 8.55. The number of nitrogens with one attached hydrogen (secondary N) is 1. The molecular weight excluding hydrogens is 182 g/mol. The number of hydrogen-bond acceptors (Lipinski definition) is 3. The molecule has 3 nitrogen and oxygen atoms in total. The van der Waals surface area contributed by atoms with Gasteiger partial charge in [-0.2, -0.15) is 0 Å². The first kappa shape index (κ1) is 13.1. The third-order valence-electron chi connectivity index (χ3n) is 1.54. The van der Waals surface area contributed by atoms with Crippen LogP contribution in [0.2, 0.25) is 6.04 Å². The standard InChI is InChI=1S/C9H20NO2Si/c1-8(2)10-6-9(11)7-12-4-3-5-13/h8-11H,3-7H2,1-2H3. The predicted molar refractivity (Wildman–Crippen MR) is 55.1 cm³/mol. The van der Waals surface area contributed by atoms with Crippen LogP contribution in [-0.4, -0.2) is 47.3 Å². The first-order chi connectivity index (χ1) is 6.16. The molecule has 0 saturated heterocycles.